The summed E-state index contributed by atoms with van der Waals surface area (Å²) in [5, 5.41) is 0. The first kappa shape index (κ1) is 5.61. The predicted octanol–water partition coefficient (Wildman–Crippen LogP) is 2.67. The molecule has 1 aliphatic carbocycles. The van der Waals surface area contributed by atoms with Crippen molar-refractivity contribution in [3.63, 3.8) is 0 Å². The van der Waals surface area contributed by atoms with Crippen LogP contribution in [0.4, 0.5) is 0 Å². The van der Waals surface area contributed by atoms with Gasteiger partial charge in [0.05, 0.1) is 0 Å². The zero-order valence-corrected chi connectivity index (χ0v) is 5.57. The average molecular weight is 108 g/mol. The molecule has 0 aromatic heterocycles. The molecule has 0 heteroatoms. The van der Waals surface area contributed by atoms with E-state index in [2.05, 4.69) is 26.0 Å². The van der Waals surface area contributed by atoms with Gasteiger partial charge in [0.25, 0.3) is 0 Å². The summed E-state index contributed by atoms with van der Waals surface area (Å²) >= 11 is 0. The normalized spacial score (nSPS) is 17.8. The van der Waals surface area contributed by atoms with Gasteiger partial charge in [0.15, 0.2) is 0 Å². The number of hydrogen-bond donors (Lipinski definition) is 0. The minimum atomic E-state index is 1.24. The zero-order chi connectivity index (χ0) is 5.98. The van der Waals surface area contributed by atoms with E-state index in [0.717, 1.165) is 0 Å². The molecule has 0 N–H and O–H groups in total. The molecule has 0 aromatic rings. The van der Waals surface area contributed by atoms with Crippen molar-refractivity contribution in [2.24, 2.45) is 0 Å². The molecule has 44 valence electrons. The van der Waals surface area contributed by atoms with E-state index in [1.165, 1.54) is 12.8 Å². The molecule has 0 nitrogen and oxygen atoms in total. The maximum Gasteiger partial charge on any atom is -0.0102 e. The predicted molar refractivity (Wildman–Crippen MR) is 36.7 cm³/mol. The van der Waals surface area contributed by atoms with E-state index < -0.39 is 0 Å². The Bertz CT molecular complexity index is 112. The van der Waals surface area contributed by atoms with Crippen LogP contribution in [-0.2, 0) is 0 Å². The minimum Gasteiger partial charge on any atom is -0.0878 e. The van der Waals surface area contributed by atoms with Crippen LogP contribution in [0.15, 0.2) is 23.3 Å². The first-order valence-corrected chi connectivity index (χ1v) is 3.15. The van der Waals surface area contributed by atoms with E-state index >= 15 is 0 Å². The summed E-state index contributed by atoms with van der Waals surface area (Å²) in [7, 11) is 0. The van der Waals surface area contributed by atoms with Gasteiger partial charge in [-0.3, -0.25) is 0 Å². The molecule has 1 saturated carbocycles. The van der Waals surface area contributed by atoms with Crippen molar-refractivity contribution in [1.82, 2.24) is 0 Å². The molecule has 1 rings (SSSR count). The summed E-state index contributed by atoms with van der Waals surface area (Å²) in [5.41, 5.74) is 3.19. The SMILES string of the molecule is CC=C1CC(=CC)C1. The lowest BCUT2D eigenvalue weighted by Gasteiger charge is -2.20. The molecule has 0 saturated heterocycles. The highest BCUT2D eigenvalue weighted by molar-refractivity contribution is 5.30. The van der Waals surface area contributed by atoms with Crippen molar-refractivity contribution in [1.29, 1.82) is 0 Å². The van der Waals surface area contributed by atoms with Gasteiger partial charge >= 0.3 is 0 Å². The fraction of sp³-hybridized carbons (Fsp3) is 0.500. The van der Waals surface area contributed by atoms with Crippen LogP contribution in [0.1, 0.15) is 26.7 Å². The lowest BCUT2D eigenvalue weighted by atomic mass is 9.86. The summed E-state index contributed by atoms with van der Waals surface area (Å²) < 4.78 is 0. The second kappa shape index (κ2) is 2.17. The molecule has 0 radical (unpaired) electrons. The van der Waals surface area contributed by atoms with Gasteiger partial charge < -0.3 is 0 Å². The maximum absolute atomic E-state index is 2.22. The van der Waals surface area contributed by atoms with Gasteiger partial charge in [-0.25, -0.2) is 0 Å². The summed E-state index contributed by atoms with van der Waals surface area (Å²) in [5.74, 6) is 0. The summed E-state index contributed by atoms with van der Waals surface area (Å²) in [6.07, 6.45) is 6.92. The highest BCUT2D eigenvalue weighted by Crippen LogP contribution is 2.31. The summed E-state index contributed by atoms with van der Waals surface area (Å²) in [6.45, 7) is 4.23. The minimum absolute atomic E-state index is 1.24. The van der Waals surface area contributed by atoms with Crippen LogP contribution in [0.25, 0.3) is 0 Å². The molecule has 0 heterocycles. The summed E-state index contributed by atoms with van der Waals surface area (Å²) in [4.78, 5) is 0. The Balaban J connectivity index is 2.43. The van der Waals surface area contributed by atoms with E-state index in [1.807, 2.05) is 0 Å². The van der Waals surface area contributed by atoms with Crippen LogP contribution in [-0.4, -0.2) is 0 Å². The Morgan fingerprint density at radius 3 is 1.62 bits per heavy atom. The van der Waals surface area contributed by atoms with Crippen molar-refractivity contribution in [3.8, 4) is 0 Å². The monoisotopic (exact) mass is 108 g/mol. The molecule has 1 fully saturated rings. The molecule has 1 aliphatic rings. The van der Waals surface area contributed by atoms with Gasteiger partial charge in [-0.15, -0.1) is 0 Å². The molecule has 0 atom stereocenters. The van der Waals surface area contributed by atoms with Crippen molar-refractivity contribution in [2.75, 3.05) is 0 Å². The topological polar surface area (TPSA) is 0 Å². The third-order valence-electron chi connectivity index (χ3n) is 1.72. The van der Waals surface area contributed by atoms with Crippen LogP contribution >= 0.6 is 0 Å². The van der Waals surface area contributed by atoms with Crippen molar-refractivity contribution in [2.45, 2.75) is 26.7 Å². The van der Waals surface area contributed by atoms with Crippen LogP contribution in [0.2, 0.25) is 0 Å². The Labute approximate surface area is 50.9 Å². The molecule has 0 bridgehead atoms. The Kier molecular flexibility index (Phi) is 1.52. The Morgan fingerprint density at radius 1 is 1.00 bits per heavy atom. The second-order valence-electron chi connectivity index (χ2n) is 2.25. The smallest absolute Gasteiger partial charge is 0.0102 e. The second-order valence-corrected chi connectivity index (χ2v) is 2.25. The van der Waals surface area contributed by atoms with Gasteiger partial charge in [0.2, 0.25) is 0 Å². The first-order valence-electron chi connectivity index (χ1n) is 3.15. The highest BCUT2D eigenvalue weighted by Gasteiger charge is 2.11. The van der Waals surface area contributed by atoms with Crippen LogP contribution < -0.4 is 0 Å². The van der Waals surface area contributed by atoms with Gasteiger partial charge in [0, 0.05) is 0 Å². The molecule has 0 amide bonds. The molecule has 0 spiro atoms. The number of allylic oxidation sites excluding steroid dienone is 4. The van der Waals surface area contributed by atoms with Crippen LogP contribution in [0.3, 0.4) is 0 Å². The lowest BCUT2D eigenvalue weighted by Crippen LogP contribution is -2.00. The number of rotatable bonds is 0. The third kappa shape index (κ3) is 0.835. The highest BCUT2D eigenvalue weighted by atomic mass is 14.2. The van der Waals surface area contributed by atoms with Crippen LogP contribution in [0.5, 0.6) is 0 Å². The molecular formula is C8H12. The standard InChI is InChI=1S/C8H12/c1-3-7-5-8(4-2)6-7/h3-4H,5-6H2,1-2H3. The van der Waals surface area contributed by atoms with Crippen LogP contribution in [0, 0.1) is 0 Å². The quantitative estimate of drug-likeness (QED) is 0.418. The fourth-order valence-electron chi connectivity index (χ4n) is 0.940. The van der Waals surface area contributed by atoms with Gasteiger partial charge in [-0.1, -0.05) is 23.3 Å². The van der Waals surface area contributed by atoms with Crippen molar-refractivity contribution < 1.29 is 0 Å². The van der Waals surface area contributed by atoms with Gasteiger partial charge in [-0.2, -0.15) is 0 Å². The molecule has 0 aliphatic heterocycles. The van der Waals surface area contributed by atoms with E-state index in [4.69, 9.17) is 0 Å². The molecule has 8 heavy (non-hydrogen) atoms. The fourth-order valence-corrected chi connectivity index (χ4v) is 0.940. The van der Waals surface area contributed by atoms with Gasteiger partial charge in [0.1, 0.15) is 0 Å². The van der Waals surface area contributed by atoms with Crippen molar-refractivity contribution >= 4 is 0 Å². The Morgan fingerprint density at radius 2 is 1.38 bits per heavy atom. The van der Waals surface area contributed by atoms with E-state index in [-0.39, 0.29) is 0 Å². The van der Waals surface area contributed by atoms with E-state index in [9.17, 15) is 0 Å². The maximum atomic E-state index is 2.22. The molecule has 0 aromatic carbocycles. The third-order valence-corrected chi connectivity index (χ3v) is 1.72. The first-order chi connectivity index (χ1) is 3.86. The Hall–Kier alpha value is -0.520. The number of hydrogen-bond acceptors (Lipinski definition) is 0. The molecule has 0 unspecified atom stereocenters. The zero-order valence-electron chi connectivity index (χ0n) is 5.57. The van der Waals surface area contributed by atoms with E-state index in [1.54, 1.807) is 11.1 Å². The molecular weight excluding hydrogens is 96.1 g/mol. The largest absolute Gasteiger partial charge is 0.0878 e. The van der Waals surface area contributed by atoms with Gasteiger partial charge in [-0.05, 0) is 26.7 Å². The van der Waals surface area contributed by atoms with Crippen molar-refractivity contribution in [3.05, 3.63) is 23.3 Å². The van der Waals surface area contributed by atoms with E-state index in [0.29, 0.717) is 0 Å². The summed E-state index contributed by atoms with van der Waals surface area (Å²) in [6, 6.07) is 0. The average Bonchev–Trinajstić information content (AvgIpc) is 1.65. The lowest BCUT2D eigenvalue weighted by molar-refractivity contribution is 0.851.